The van der Waals surface area contributed by atoms with Gasteiger partial charge in [0, 0.05) is 22.5 Å². The lowest BCUT2D eigenvalue weighted by Crippen LogP contribution is -2.00. The number of para-hydroxylation sites is 1. The Morgan fingerprint density at radius 1 is 1.26 bits per heavy atom. The maximum atomic E-state index is 11.5. The SMILES string of the molecule is O=C(CCl)c1csc(-c2ccnc3ccccc23)n1. The van der Waals surface area contributed by atoms with Crippen molar-refractivity contribution in [2.45, 2.75) is 0 Å². The topological polar surface area (TPSA) is 42.9 Å². The summed E-state index contributed by atoms with van der Waals surface area (Å²) in [4.78, 5) is 20.2. The van der Waals surface area contributed by atoms with Gasteiger partial charge in [-0.3, -0.25) is 9.78 Å². The van der Waals surface area contributed by atoms with Gasteiger partial charge in [0.25, 0.3) is 0 Å². The molecule has 0 saturated heterocycles. The third kappa shape index (κ3) is 2.25. The van der Waals surface area contributed by atoms with Gasteiger partial charge in [-0.15, -0.1) is 22.9 Å². The van der Waals surface area contributed by atoms with Crippen LogP contribution in [0.25, 0.3) is 21.5 Å². The summed E-state index contributed by atoms with van der Waals surface area (Å²) in [6.45, 7) is 0. The minimum absolute atomic E-state index is 0.0414. The van der Waals surface area contributed by atoms with Crippen molar-refractivity contribution in [3.8, 4) is 10.6 Å². The lowest BCUT2D eigenvalue weighted by molar-refractivity contribution is 0.101. The van der Waals surface area contributed by atoms with Crippen LogP contribution in [0.3, 0.4) is 0 Å². The number of alkyl halides is 1. The first-order valence-electron chi connectivity index (χ1n) is 5.68. The molecule has 0 spiro atoms. The quantitative estimate of drug-likeness (QED) is 0.544. The predicted molar refractivity (Wildman–Crippen MR) is 77.9 cm³/mol. The molecule has 19 heavy (non-hydrogen) atoms. The molecule has 2 aromatic heterocycles. The smallest absolute Gasteiger partial charge is 0.196 e. The van der Waals surface area contributed by atoms with Gasteiger partial charge < -0.3 is 0 Å². The molecule has 0 amide bonds. The molecule has 0 aliphatic heterocycles. The average molecular weight is 289 g/mol. The number of Topliss-reactive ketones (excluding diaryl/α,β-unsaturated/α-hetero) is 1. The Morgan fingerprint density at radius 3 is 2.95 bits per heavy atom. The number of benzene rings is 1. The number of hydrogen-bond donors (Lipinski definition) is 0. The van der Waals surface area contributed by atoms with Crippen LogP contribution >= 0.6 is 22.9 Å². The molecule has 3 aromatic rings. The summed E-state index contributed by atoms with van der Waals surface area (Å²) in [5.41, 5.74) is 2.33. The van der Waals surface area contributed by atoms with Gasteiger partial charge in [-0.25, -0.2) is 4.98 Å². The first-order valence-corrected chi connectivity index (χ1v) is 7.10. The predicted octanol–water partition coefficient (Wildman–Crippen LogP) is 3.78. The third-order valence-corrected chi connectivity index (χ3v) is 3.91. The highest BCUT2D eigenvalue weighted by atomic mass is 35.5. The second-order valence-electron chi connectivity index (χ2n) is 3.97. The fraction of sp³-hybridized carbons (Fsp3) is 0.0714. The van der Waals surface area contributed by atoms with Crippen LogP contribution in [0.4, 0.5) is 0 Å². The monoisotopic (exact) mass is 288 g/mol. The van der Waals surface area contributed by atoms with Crippen LogP contribution in [-0.4, -0.2) is 21.6 Å². The Kier molecular flexibility index (Phi) is 3.27. The molecule has 3 rings (SSSR count). The number of carbonyl (C=O) groups is 1. The third-order valence-electron chi connectivity index (χ3n) is 2.79. The van der Waals surface area contributed by atoms with E-state index in [4.69, 9.17) is 11.6 Å². The van der Waals surface area contributed by atoms with E-state index in [0.29, 0.717) is 5.69 Å². The molecular formula is C14H9ClN2OS. The van der Waals surface area contributed by atoms with Crippen LogP contribution in [0.5, 0.6) is 0 Å². The van der Waals surface area contributed by atoms with Crippen molar-refractivity contribution in [1.29, 1.82) is 0 Å². The lowest BCUT2D eigenvalue weighted by atomic mass is 10.1. The van der Waals surface area contributed by atoms with Gasteiger partial charge in [0.05, 0.1) is 11.4 Å². The fourth-order valence-electron chi connectivity index (χ4n) is 1.88. The molecule has 1 aromatic carbocycles. The summed E-state index contributed by atoms with van der Waals surface area (Å²) in [5, 5.41) is 3.59. The Bertz CT molecular complexity index is 749. The number of hydrogen-bond acceptors (Lipinski definition) is 4. The molecule has 0 radical (unpaired) electrons. The van der Waals surface area contributed by atoms with E-state index in [0.717, 1.165) is 21.5 Å². The van der Waals surface area contributed by atoms with Gasteiger partial charge in [-0.1, -0.05) is 18.2 Å². The standard InChI is InChI=1S/C14H9ClN2OS/c15-7-13(18)12-8-19-14(17-12)10-5-6-16-11-4-2-1-3-9(10)11/h1-6,8H,7H2. The zero-order valence-electron chi connectivity index (χ0n) is 9.84. The van der Waals surface area contributed by atoms with Gasteiger partial charge >= 0.3 is 0 Å². The molecule has 0 N–H and O–H groups in total. The van der Waals surface area contributed by atoms with Crippen LogP contribution in [-0.2, 0) is 0 Å². The summed E-state index contributed by atoms with van der Waals surface area (Å²) in [6.07, 6.45) is 1.75. The highest BCUT2D eigenvalue weighted by Gasteiger charge is 2.12. The van der Waals surface area contributed by atoms with Crippen LogP contribution in [0.15, 0.2) is 41.9 Å². The minimum Gasteiger partial charge on any atom is -0.291 e. The Morgan fingerprint density at radius 2 is 2.11 bits per heavy atom. The van der Waals surface area contributed by atoms with Crippen molar-refractivity contribution in [1.82, 2.24) is 9.97 Å². The Hall–Kier alpha value is -1.78. The van der Waals surface area contributed by atoms with E-state index in [9.17, 15) is 4.79 Å². The van der Waals surface area contributed by atoms with Gasteiger partial charge in [0.1, 0.15) is 10.7 Å². The van der Waals surface area contributed by atoms with E-state index in [1.54, 1.807) is 11.6 Å². The van der Waals surface area contributed by atoms with E-state index in [1.807, 2.05) is 30.3 Å². The fourth-order valence-corrected chi connectivity index (χ4v) is 2.88. The number of fused-ring (bicyclic) bond motifs is 1. The number of thiazole rings is 1. The van der Waals surface area contributed by atoms with Gasteiger partial charge in [0.15, 0.2) is 5.78 Å². The van der Waals surface area contributed by atoms with Crippen LogP contribution < -0.4 is 0 Å². The number of ketones is 1. The number of carbonyl (C=O) groups excluding carboxylic acids is 1. The Labute approximate surface area is 118 Å². The summed E-state index contributed by atoms with van der Waals surface area (Å²) in [5.74, 6) is -0.192. The lowest BCUT2D eigenvalue weighted by Gasteiger charge is -2.02. The molecule has 0 fully saturated rings. The van der Waals surface area contributed by atoms with Gasteiger partial charge in [0.2, 0.25) is 0 Å². The van der Waals surface area contributed by atoms with Crippen molar-refractivity contribution in [2.24, 2.45) is 0 Å². The second kappa shape index (κ2) is 5.07. The minimum atomic E-state index is -0.150. The van der Waals surface area contributed by atoms with Crippen molar-refractivity contribution in [3.63, 3.8) is 0 Å². The second-order valence-corrected chi connectivity index (χ2v) is 5.10. The molecule has 0 bridgehead atoms. The first kappa shape index (κ1) is 12.3. The number of nitrogens with zero attached hydrogens (tertiary/aromatic N) is 2. The summed E-state index contributed by atoms with van der Waals surface area (Å²) in [7, 11) is 0. The van der Waals surface area contributed by atoms with E-state index in [-0.39, 0.29) is 11.7 Å². The first-order chi connectivity index (χ1) is 9.29. The van der Waals surface area contributed by atoms with E-state index >= 15 is 0 Å². The number of rotatable bonds is 3. The molecule has 0 saturated carbocycles. The van der Waals surface area contributed by atoms with Crippen LogP contribution in [0.1, 0.15) is 10.5 Å². The zero-order valence-corrected chi connectivity index (χ0v) is 11.4. The number of aromatic nitrogens is 2. The van der Waals surface area contributed by atoms with Crippen molar-refractivity contribution in [2.75, 3.05) is 5.88 Å². The molecule has 3 nitrogen and oxygen atoms in total. The van der Waals surface area contributed by atoms with Crippen LogP contribution in [0.2, 0.25) is 0 Å². The highest BCUT2D eigenvalue weighted by molar-refractivity contribution is 7.13. The van der Waals surface area contributed by atoms with E-state index < -0.39 is 0 Å². The average Bonchev–Trinajstić information content (AvgIpc) is 2.95. The molecule has 0 aliphatic carbocycles. The van der Waals surface area contributed by atoms with Crippen molar-refractivity contribution in [3.05, 3.63) is 47.6 Å². The summed E-state index contributed by atoms with van der Waals surface area (Å²) < 4.78 is 0. The van der Waals surface area contributed by atoms with Gasteiger partial charge in [-0.2, -0.15) is 0 Å². The van der Waals surface area contributed by atoms with Crippen molar-refractivity contribution >= 4 is 39.6 Å². The maximum absolute atomic E-state index is 11.5. The van der Waals surface area contributed by atoms with Crippen molar-refractivity contribution < 1.29 is 4.79 Å². The number of halogens is 1. The van der Waals surface area contributed by atoms with E-state index in [2.05, 4.69) is 9.97 Å². The molecular weight excluding hydrogens is 280 g/mol. The maximum Gasteiger partial charge on any atom is 0.196 e. The molecule has 0 unspecified atom stereocenters. The molecule has 0 atom stereocenters. The normalized spacial score (nSPS) is 10.8. The van der Waals surface area contributed by atoms with Gasteiger partial charge in [-0.05, 0) is 12.1 Å². The molecule has 2 heterocycles. The summed E-state index contributed by atoms with van der Waals surface area (Å²) in [6, 6.07) is 9.78. The van der Waals surface area contributed by atoms with Crippen LogP contribution in [0, 0.1) is 0 Å². The number of pyridine rings is 1. The summed E-state index contributed by atoms with van der Waals surface area (Å²) >= 11 is 6.98. The largest absolute Gasteiger partial charge is 0.291 e. The molecule has 5 heteroatoms. The Balaban J connectivity index is 2.14. The zero-order chi connectivity index (χ0) is 13.2. The highest BCUT2D eigenvalue weighted by Crippen LogP contribution is 2.29. The molecule has 0 aliphatic rings. The van der Waals surface area contributed by atoms with E-state index in [1.165, 1.54) is 11.3 Å². The molecule has 94 valence electrons.